The van der Waals surface area contributed by atoms with Crippen LogP contribution in [0.15, 0.2) is 36.4 Å². The van der Waals surface area contributed by atoms with Gasteiger partial charge in [0.2, 0.25) is 0 Å². The second-order valence-corrected chi connectivity index (χ2v) is 11.0. The fraction of sp³-hybridized carbons (Fsp3) is 0.536. The zero-order chi connectivity index (χ0) is 27.5. The van der Waals surface area contributed by atoms with Crippen LogP contribution < -0.4 is 10.1 Å². The lowest BCUT2D eigenvalue weighted by Crippen LogP contribution is -2.58. The number of hydrogen-bond acceptors (Lipinski definition) is 3. The fourth-order valence-corrected chi connectivity index (χ4v) is 6.02. The summed E-state index contributed by atoms with van der Waals surface area (Å²) in [6.45, 7) is 1.39. The van der Waals surface area contributed by atoms with E-state index in [1.165, 1.54) is 0 Å². The number of halogens is 6. The average molecular weight is 542 g/mol. The van der Waals surface area contributed by atoms with Crippen LogP contribution in [0.5, 0.6) is 5.75 Å². The Balaban J connectivity index is 1.26. The van der Waals surface area contributed by atoms with Crippen LogP contribution in [0.3, 0.4) is 0 Å². The second-order valence-electron chi connectivity index (χ2n) is 11.0. The summed E-state index contributed by atoms with van der Waals surface area (Å²) >= 11 is 0. The molecule has 2 fully saturated rings. The maximum Gasteiger partial charge on any atom is 0.416 e. The van der Waals surface area contributed by atoms with Crippen molar-refractivity contribution in [3.05, 3.63) is 64.2 Å². The lowest BCUT2D eigenvalue weighted by atomic mass is 9.70. The fourth-order valence-electron chi connectivity index (χ4n) is 6.02. The minimum atomic E-state index is -4.76. The predicted octanol–water partition coefficient (Wildman–Crippen LogP) is 6.95. The van der Waals surface area contributed by atoms with Crippen LogP contribution in [0.2, 0.25) is 0 Å². The molecule has 0 amide bonds. The van der Waals surface area contributed by atoms with Crippen LogP contribution >= 0.6 is 0 Å². The van der Waals surface area contributed by atoms with E-state index in [-0.39, 0.29) is 18.5 Å². The Morgan fingerprint density at radius 3 is 2.39 bits per heavy atom. The van der Waals surface area contributed by atoms with Gasteiger partial charge in [-0.05, 0) is 78.5 Å². The number of carbonyl (C=O) groups is 1. The number of hydrogen-bond donors (Lipinski definition) is 2. The monoisotopic (exact) mass is 541 g/mol. The number of alkyl halides is 6. The van der Waals surface area contributed by atoms with Crippen molar-refractivity contribution in [3.8, 4) is 5.75 Å². The van der Waals surface area contributed by atoms with Crippen molar-refractivity contribution in [2.24, 2.45) is 11.8 Å². The van der Waals surface area contributed by atoms with Gasteiger partial charge in [0, 0.05) is 25.4 Å². The van der Waals surface area contributed by atoms with Gasteiger partial charge in [-0.2, -0.15) is 26.3 Å². The summed E-state index contributed by atoms with van der Waals surface area (Å²) in [5, 5.41) is 12.6. The Morgan fingerprint density at radius 1 is 1.08 bits per heavy atom. The summed E-state index contributed by atoms with van der Waals surface area (Å²) in [4.78, 5) is 11.7. The number of ether oxygens (including phenoxy) is 1. The number of aryl methyl sites for hydroxylation is 1. The molecular weight excluding hydrogens is 512 g/mol. The summed E-state index contributed by atoms with van der Waals surface area (Å²) < 4.78 is 85.9. The van der Waals surface area contributed by atoms with Crippen LogP contribution in [-0.4, -0.2) is 22.7 Å². The van der Waals surface area contributed by atoms with E-state index in [0.717, 1.165) is 36.8 Å². The van der Waals surface area contributed by atoms with Crippen LogP contribution in [0, 0.1) is 11.8 Å². The predicted molar refractivity (Wildman–Crippen MR) is 127 cm³/mol. The molecule has 0 aromatic heterocycles. The van der Waals surface area contributed by atoms with E-state index in [0.29, 0.717) is 42.7 Å². The number of aliphatic carboxylic acids is 1. The molecule has 3 aliphatic rings. The van der Waals surface area contributed by atoms with Crippen LogP contribution in [0.4, 0.5) is 26.3 Å². The van der Waals surface area contributed by atoms with Gasteiger partial charge in [0.15, 0.2) is 0 Å². The number of rotatable bonds is 7. The highest BCUT2D eigenvalue weighted by atomic mass is 19.4. The summed E-state index contributed by atoms with van der Waals surface area (Å²) in [5.41, 5.74) is -1.15. The van der Waals surface area contributed by atoms with Gasteiger partial charge in [-0.1, -0.05) is 19.1 Å². The number of carboxylic acid groups (broad SMARTS) is 1. The average Bonchev–Trinajstić information content (AvgIpc) is 3.65. The molecule has 206 valence electrons. The molecule has 0 bridgehead atoms. The maximum atomic E-state index is 13.4. The molecule has 0 radical (unpaired) electrons. The first-order chi connectivity index (χ1) is 17.8. The third-order valence-electron chi connectivity index (χ3n) is 8.27. The van der Waals surface area contributed by atoms with Crippen molar-refractivity contribution in [1.29, 1.82) is 0 Å². The van der Waals surface area contributed by atoms with Gasteiger partial charge in [0.05, 0.1) is 17.0 Å². The van der Waals surface area contributed by atoms with Gasteiger partial charge in [0.25, 0.3) is 0 Å². The van der Waals surface area contributed by atoms with E-state index >= 15 is 0 Å². The van der Waals surface area contributed by atoms with E-state index in [1.54, 1.807) is 6.92 Å². The molecule has 1 aliphatic heterocycles. The quantitative estimate of drug-likeness (QED) is 0.373. The Morgan fingerprint density at radius 2 is 1.79 bits per heavy atom. The molecule has 2 saturated carbocycles. The zero-order valence-corrected chi connectivity index (χ0v) is 20.8. The van der Waals surface area contributed by atoms with Crippen molar-refractivity contribution in [3.63, 3.8) is 0 Å². The third-order valence-corrected chi connectivity index (χ3v) is 8.27. The van der Waals surface area contributed by atoms with Crippen LogP contribution in [0.25, 0.3) is 0 Å². The zero-order valence-electron chi connectivity index (χ0n) is 20.8. The van der Waals surface area contributed by atoms with Crippen molar-refractivity contribution >= 4 is 5.97 Å². The summed E-state index contributed by atoms with van der Waals surface area (Å²) in [6.07, 6.45) is -4.96. The van der Waals surface area contributed by atoms with Crippen LogP contribution in [0.1, 0.15) is 72.8 Å². The maximum absolute atomic E-state index is 13.4. The minimum Gasteiger partial charge on any atom is -0.487 e. The normalized spacial score (nSPS) is 24.8. The summed E-state index contributed by atoms with van der Waals surface area (Å²) in [6, 6.07) is 7.23. The van der Waals surface area contributed by atoms with Gasteiger partial charge in [-0.25, -0.2) is 0 Å². The van der Waals surface area contributed by atoms with Gasteiger partial charge >= 0.3 is 18.3 Å². The van der Waals surface area contributed by atoms with E-state index in [2.05, 4.69) is 5.32 Å². The molecule has 2 aliphatic carbocycles. The smallest absolute Gasteiger partial charge is 0.416 e. The largest absolute Gasteiger partial charge is 0.487 e. The Labute approximate surface area is 216 Å². The summed E-state index contributed by atoms with van der Waals surface area (Å²) in [7, 11) is 0. The second kappa shape index (κ2) is 9.47. The third kappa shape index (κ3) is 5.37. The molecule has 38 heavy (non-hydrogen) atoms. The van der Waals surface area contributed by atoms with Crippen molar-refractivity contribution < 1.29 is 41.0 Å². The van der Waals surface area contributed by atoms with Crippen molar-refractivity contribution in [2.45, 2.75) is 81.9 Å². The van der Waals surface area contributed by atoms with E-state index in [1.807, 2.05) is 18.2 Å². The minimum absolute atomic E-state index is 0.0922. The molecule has 0 saturated heterocycles. The highest BCUT2D eigenvalue weighted by molar-refractivity contribution is 5.71. The number of carboxylic acids is 1. The highest BCUT2D eigenvalue weighted by Crippen LogP contribution is 2.50. The molecule has 5 rings (SSSR count). The van der Waals surface area contributed by atoms with Gasteiger partial charge in [-0.15, -0.1) is 0 Å². The lowest BCUT2D eigenvalue weighted by molar-refractivity contribution is -0.142. The topological polar surface area (TPSA) is 58.6 Å². The summed E-state index contributed by atoms with van der Waals surface area (Å²) in [5.74, 6) is -0.392. The molecule has 2 atom stereocenters. The van der Waals surface area contributed by atoms with Crippen molar-refractivity contribution in [2.75, 3.05) is 0 Å². The molecule has 4 nitrogen and oxygen atoms in total. The van der Waals surface area contributed by atoms with E-state index in [9.17, 15) is 36.2 Å². The van der Waals surface area contributed by atoms with Crippen molar-refractivity contribution in [1.82, 2.24) is 5.32 Å². The standard InChI is InChI=1S/C28H29F6NO3/c1-15(25(36)37)24(17-3-4-17)18-5-2-16-8-9-26(38-23(16)11-18)12-21(13-26)35-14-19-10-20(27(29,30)31)6-7-22(19)28(32,33)34/h2,5-7,10-11,15,17,21,24,35H,3-4,8-9,12-14H2,1H3,(H,36,37). The molecule has 2 aromatic rings. The Bertz CT molecular complexity index is 1210. The van der Waals surface area contributed by atoms with Gasteiger partial charge < -0.3 is 15.2 Å². The first-order valence-electron chi connectivity index (χ1n) is 12.8. The Kier molecular flexibility index (Phi) is 6.69. The molecule has 2 aromatic carbocycles. The van der Waals surface area contributed by atoms with Gasteiger partial charge in [0.1, 0.15) is 11.4 Å². The SMILES string of the molecule is CC(C(=O)O)C(c1ccc2c(c1)OC1(CC2)CC(NCc2cc(C(F)(F)F)ccc2C(F)(F)F)C1)C1CC1. The lowest BCUT2D eigenvalue weighted by Gasteiger charge is -2.50. The Hall–Kier alpha value is -2.75. The molecule has 10 heteroatoms. The molecule has 2 N–H and O–H groups in total. The first-order valence-corrected chi connectivity index (χ1v) is 12.8. The number of nitrogens with one attached hydrogen (secondary N) is 1. The molecule has 1 spiro atoms. The molecule has 2 unspecified atom stereocenters. The van der Waals surface area contributed by atoms with Gasteiger partial charge in [-0.3, -0.25) is 4.79 Å². The highest BCUT2D eigenvalue weighted by Gasteiger charge is 2.48. The molecule has 1 heterocycles. The van der Waals surface area contributed by atoms with E-state index in [4.69, 9.17) is 4.74 Å². The van der Waals surface area contributed by atoms with Crippen LogP contribution in [-0.2, 0) is 30.1 Å². The number of fused-ring (bicyclic) bond motifs is 1. The van der Waals surface area contributed by atoms with E-state index < -0.39 is 46.5 Å². The first kappa shape index (κ1) is 26.8. The number of benzene rings is 2. The molecular formula is C28H29F6NO3.